The van der Waals surface area contributed by atoms with E-state index in [0.29, 0.717) is 12.8 Å². The second-order valence-electron chi connectivity index (χ2n) is 3.58. The van der Waals surface area contributed by atoms with Crippen LogP contribution >= 0.6 is 0 Å². The van der Waals surface area contributed by atoms with Crippen LogP contribution in [0.25, 0.3) is 0 Å². The van der Waals surface area contributed by atoms with Crippen molar-refractivity contribution in [3.63, 3.8) is 0 Å². The van der Waals surface area contributed by atoms with Crippen molar-refractivity contribution < 1.29 is 64.3 Å². The molecule has 0 atom stereocenters. The molecule has 0 N–H and O–H groups in total. The minimum absolute atomic E-state index is 0. The van der Waals surface area contributed by atoms with E-state index < -0.39 is 12.3 Å². The summed E-state index contributed by atoms with van der Waals surface area (Å²) in [7, 11) is 0. The Morgan fingerprint density at radius 2 is 1.55 bits per heavy atom. The van der Waals surface area contributed by atoms with Crippen molar-refractivity contribution in [1.82, 2.24) is 0 Å². The third-order valence-corrected chi connectivity index (χ3v) is 2.87. The average molecular weight is 188 g/mol. The molecule has 0 spiro atoms. The Kier molecular flexibility index (Phi) is 2.89. The zero-order valence-corrected chi connectivity index (χ0v) is 9.74. The Labute approximate surface area is 107 Å². The largest absolute Gasteiger partial charge is 1.00 e. The standard InChI is InChI=1S/C6H9BF3.K/c8-7(9,10)6(3-4-6)5-1-2-5;/h5H,1-4H2;/q-1;+1. The van der Waals surface area contributed by atoms with Crippen molar-refractivity contribution >= 4 is 6.98 Å². The van der Waals surface area contributed by atoms with Gasteiger partial charge in [-0.05, 0) is 0 Å². The Bertz CT molecular complexity index is 160. The summed E-state index contributed by atoms with van der Waals surface area (Å²) in [6, 6.07) is 0. The molecule has 0 aromatic rings. The van der Waals surface area contributed by atoms with Crippen LogP contribution in [0.15, 0.2) is 0 Å². The predicted molar refractivity (Wildman–Crippen MR) is 33.7 cm³/mol. The fraction of sp³-hybridized carbons (Fsp3) is 1.00. The Balaban J connectivity index is 0.000000605. The van der Waals surface area contributed by atoms with Crippen molar-refractivity contribution in [2.24, 2.45) is 5.92 Å². The Morgan fingerprint density at radius 3 is 1.64 bits per heavy atom. The first-order valence-electron chi connectivity index (χ1n) is 3.76. The maximum atomic E-state index is 12.2. The van der Waals surface area contributed by atoms with Gasteiger partial charge in [0.05, 0.1) is 0 Å². The maximum absolute atomic E-state index is 12.2. The first-order chi connectivity index (χ1) is 4.56. The molecule has 0 bridgehead atoms. The molecule has 0 unspecified atom stereocenters. The van der Waals surface area contributed by atoms with E-state index in [4.69, 9.17) is 0 Å². The molecular weight excluding hydrogens is 179 g/mol. The predicted octanol–water partition coefficient (Wildman–Crippen LogP) is -0.218. The van der Waals surface area contributed by atoms with Gasteiger partial charge >= 0.3 is 58.4 Å². The summed E-state index contributed by atoms with van der Waals surface area (Å²) >= 11 is 0. The number of rotatable bonds is 2. The van der Waals surface area contributed by atoms with Crippen LogP contribution < -0.4 is 51.4 Å². The van der Waals surface area contributed by atoms with Crippen LogP contribution in [0.4, 0.5) is 12.9 Å². The molecule has 0 saturated heterocycles. The molecule has 2 fully saturated rings. The fourth-order valence-electron chi connectivity index (χ4n) is 1.81. The SMILES string of the molecule is F[B-](F)(F)C1(C2CC2)CC1.[K+]. The topological polar surface area (TPSA) is 0 Å². The molecule has 2 aliphatic rings. The van der Waals surface area contributed by atoms with Crippen LogP contribution in [0.5, 0.6) is 0 Å². The summed E-state index contributed by atoms with van der Waals surface area (Å²) < 4.78 is 36.7. The van der Waals surface area contributed by atoms with Gasteiger partial charge in [0, 0.05) is 0 Å². The zero-order valence-electron chi connectivity index (χ0n) is 6.62. The first kappa shape index (κ1) is 10.6. The quantitative estimate of drug-likeness (QED) is 0.525. The molecule has 2 aliphatic carbocycles. The molecule has 11 heavy (non-hydrogen) atoms. The molecule has 2 rings (SSSR count). The fourth-order valence-corrected chi connectivity index (χ4v) is 1.81. The number of hydrogen-bond donors (Lipinski definition) is 0. The third-order valence-electron chi connectivity index (χ3n) is 2.87. The van der Waals surface area contributed by atoms with Crippen LogP contribution in [0.2, 0.25) is 5.31 Å². The third kappa shape index (κ3) is 1.73. The molecule has 0 aromatic carbocycles. The molecule has 0 amide bonds. The van der Waals surface area contributed by atoms with Crippen molar-refractivity contribution in [3.8, 4) is 0 Å². The molecule has 0 radical (unpaired) electrons. The van der Waals surface area contributed by atoms with Gasteiger partial charge in [0.1, 0.15) is 0 Å². The monoisotopic (exact) mass is 188 g/mol. The van der Waals surface area contributed by atoms with E-state index >= 15 is 0 Å². The molecule has 0 heterocycles. The maximum Gasteiger partial charge on any atom is 1.00 e. The minimum Gasteiger partial charge on any atom is -0.449 e. The molecule has 2 saturated carbocycles. The van der Waals surface area contributed by atoms with Crippen molar-refractivity contribution in [2.45, 2.75) is 31.0 Å². The summed E-state index contributed by atoms with van der Waals surface area (Å²) in [6.07, 6.45) is 2.48. The van der Waals surface area contributed by atoms with E-state index in [-0.39, 0.29) is 57.3 Å². The summed E-state index contributed by atoms with van der Waals surface area (Å²) in [6.45, 7) is -4.52. The number of halogens is 3. The van der Waals surface area contributed by atoms with Crippen molar-refractivity contribution in [1.29, 1.82) is 0 Å². The first-order valence-corrected chi connectivity index (χ1v) is 3.76. The van der Waals surface area contributed by atoms with Gasteiger partial charge in [-0.2, -0.15) is 0 Å². The van der Waals surface area contributed by atoms with E-state index in [1.807, 2.05) is 0 Å². The van der Waals surface area contributed by atoms with Gasteiger partial charge in [-0.3, -0.25) is 0 Å². The number of hydrogen-bond acceptors (Lipinski definition) is 0. The Morgan fingerprint density at radius 1 is 1.09 bits per heavy atom. The average Bonchev–Trinajstić information content (AvgIpc) is 2.56. The van der Waals surface area contributed by atoms with Crippen molar-refractivity contribution in [3.05, 3.63) is 0 Å². The van der Waals surface area contributed by atoms with E-state index in [2.05, 4.69) is 0 Å². The van der Waals surface area contributed by atoms with Gasteiger partial charge < -0.3 is 12.9 Å². The smallest absolute Gasteiger partial charge is 0.449 e. The summed E-state index contributed by atoms with van der Waals surface area (Å²) in [5.74, 6) is 0.0208. The molecule has 5 heteroatoms. The summed E-state index contributed by atoms with van der Waals surface area (Å²) in [5.41, 5.74) is 0. The van der Waals surface area contributed by atoms with Crippen LogP contribution in [0.3, 0.4) is 0 Å². The molecule has 0 aliphatic heterocycles. The van der Waals surface area contributed by atoms with E-state index in [0.717, 1.165) is 12.8 Å². The molecule has 0 nitrogen and oxygen atoms in total. The van der Waals surface area contributed by atoms with Gasteiger partial charge in [0.25, 0.3) is 0 Å². The zero-order chi connectivity index (χ0) is 7.41. The van der Waals surface area contributed by atoms with Crippen LogP contribution in [-0.2, 0) is 0 Å². The van der Waals surface area contributed by atoms with Gasteiger partial charge in [-0.1, -0.05) is 36.9 Å². The van der Waals surface area contributed by atoms with Crippen LogP contribution in [0, 0.1) is 5.92 Å². The van der Waals surface area contributed by atoms with E-state index in [1.165, 1.54) is 0 Å². The summed E-state index contributed by atoms with van der Waals surface area (Å²) in [5, 5.41) is -1.14. The van der Waals surface area contributed by atoms with E-state index in [9.17, 15) is 12.9 Å². The van der Waals surface area contributed by atoms with Crippen LogP contribution in [0.1, 0.15) is 25.7 Å². The van der Waals surface area contributed by atoms with Gasteiger partial charge in [-0.25, -0.2) is 0 Å². The van der Waals surface area contributed by atoms with Crippen molar-refractivity contribution in [2.75, 3.05) is 0 Å². The van der Waals surface area contributed by atoms with Gasteiger partial charge in [0.2, 0.25) is 0 Å². The van der Waals surface area contributed by atoms with Gasteiger partial charge in [0.15, 0.2) is 0 Å². The second-order valence-corrected chi connectivity index (χ2v) is 3.58. The van der Waals surface area contributed by atoms with Gasteiger partial charge in [-0.15, -0.1) is 0 Å². The molecular formula is C6H9BF3K. The molecule has 0 aromatic heterocycles. The van der Waals surface area contributed by atoms with E-state index in [1.54, 1.807) is 0 Å². The van der Waals surface area contributed by atoms with Crippen LogP contribution in [-0.4, -0.2) is 6.98 Å². The summed E-state index contributed by atoms with van der Waals surface area (Å²) in [4.78, 5) is 0. The second kappa shape index (κ2) is 3.01. The molecule has 58 valence electrons. The minimum atomic E-state index is -4.52. The Hall–Kier alpha value is 1.49. The normalized spacial score (nSPS) is 27.5.